The molecule has 0 aliphatic heterocycles. The van der Waals surface area contributed by atoms with Crippen LogP contribution < -0.4 is 5.32 Å². The van der Waals surface area contributed by atoms with Gasteiger partial charge in [0.2, 0.25) is 0 Å². The van der Waals surface area contributed by atoms with Gasteiger partial charge in [-0.2, -0.15) is 0 Å². The molecule has 0 radical (unpaired) electrons. The maximum Gasteiger partial charge on any atom is 0.270 e. The molecule has 3 heterocycles. The number of thiophene rings is 1. The Kier molecular flexibility index (Phi) is 4.86. The second-order valence-corrected chi connectivity index (χ2v) is 9.38. The number of halogens is 1. The molecule has 6 heteroatoms. The highest BCUT2D eigenvalue weighted by molar-refractivity contribution is 7.25. The summed E-state index contributed by atoms with van der Waals surface area (Å²) in [7, 11) is 0. The topological polar surface area (TPSA) is 46.4 Å². The molecule has 0 fully saturated rings. The molecule has 0 unspecified atom stereocenters. The lowest BCUT2D eigenvalue weighted by molar-refractivity contribution is 0.0945. The number of carbonyl (C=O) groups is 1. The van der Waals surface area contributed by atoms with Crippen molar-refractivity contribution in [3.8, 4) is 11.3 Å². The summed E-state index contributed by atoms with van der Waals surface area (Å²) in [5.74, 6) is -0.172. The van der Waals surface area contributed by atoms with Crippen molar-refractivity contribution >= 4 is 54.7 Å². The molecule has 160 valence electrons. The van der Waals surface area contributed by atoms with Gasteiger partial charge in [0.05, 0.1) is 0 Å². The molecule has 33 heavy (non-hydrogen) atoms. The molecule has 1 amide bonds. The number of fused-ring (bicyclic) bond motifs is 4. The summed E-state index contributed by atoms with van der Waals surface area (Å²) in [5, 5.41) is 6.11. The molecular formula is C27H18ClN3OS. The van der Waals surface area contributed by atoms with E-state index in [-0.39, 0.29) is 5.91 Å². The first-order valence-electron chi connectivity index (χ1n) is 10.6. The highest BCUT2D eigenvalue weighted by Crippen LogP contribution is 2.36. The summed E-state index contributed by atoms with van der Waals surface area (Å²) in [4.78, 5) is 18.2. The number of imidazole rings is 1. The maximum atomic E-state index is 13.4. The van der Waals surface area contributed by atoms with Gasteiger partial charge in [0.25, 0.3) is 5.91 Å². The van der Waals surface area contributed by atoms with Crippen LogP contribution >= 0.6 is 22.9 Å². The van der Waals surface area contributed by atoms with Crippen LogP contribution in [0.5, 0.6) is 0 Å². The van der Waals surface area contributed by atoms with Crippen molar-refractivity contribution < 1.29 is 4.79 Å². The maximum absolute atomic E-state index is 13.4. The molecular weight excluding hydrogens is 450 g/mol. The molecule has 0 spiro atoms. The summed E-state index contributed by atoms with van der Waals surface area (Å²) < 4.78 is 4.32. The van der Waals surface area contributed by atoms with Crippen LogP contribution in [-0.4, -0.2) is 15.3 Å². The van der Waals surface area contributed by atoms with Gasteiger partial charge in [0, 0.05) is 43.5 Å². The van der Waals surface area contributed by atoms with E-state index in [4.69, 9.17) is 16.6 Å². The van der Waals surface area contributed by atoms with Gasteiger partial charge in [0.1, 0.15) is 17.0 Å². The van der Waals surface area contributed by atoms with Crippen molar-refractivity contribution in [2.75, 3.05) is 0 Å². The van der Waals surface area contributed by atoms with Gasteiger partial charge in [-0.1, -0.05) is 54.1 Å². The first-order valence-corrected chi connectivity index (χ1v) is 11.8. The summed E-state index contributed by atoms with van der Waals surface area (Å²) in [6, 6.07) is 27.9. The van der Waals surface area contributed by atoms with Crippen LogP contribution in [0.1, 0.15) is 16.1 Å². The largest absolute Gasteiger partial charge is 0.347 e. The molecule has 0 bridgehead atoms. The lowest BCUT2D eigenvalue weighted by Crippen LogP contribution is -2.24. The third kappa shape index (κ3) is 3.55. The van der Waals surface area contributed by atoms with Crippen LogP contribution in [0.3, 0.4) is 0 Å². The van der Waals surface area contributed by atoms with Crippen LogP contribution in [0.25, 0.3) is 37.1 Å². The summed E-state index contributed by atoms with van der Waals surface area (Å²) in [6.45, 7) is 0.406. The highest BCUT2D eigenvalue weighted by atomic mass is 35.5. The van der Waals surface area contributed by atoms with Crippen LogP contribution in [0.15, 0.2) is 91.1 Å². The van der Waals surface area contributed by atoms with E-state index in [0.29, 0.717) is 23.0 Å². The molecule has 0 saturated carbocycles. The minimum Gasteiger partial charge on any atom is -0.347 e. The Morgan fingerprint density at radius 3 is 2.58 bits per heavy atom. The smallest absolute Gasteiger partial charge is 0.270 e. The van der Waals surface area contributed by atoms with Gasteiger partial charge in [-0.3, -0.25) is 9.20 Å². The van der Waals surface area contributed by atoms with E-state index in [9.17, 15) is 4.79 Å². The average molecular weight is 468 g/mol. The molecule has 1 N–H and O–H groups in total. The van der Waals surface area contributed by atoms with Crippen molar-refractivity contribution in [3.63, 3.8) is 0 Å². The predicted octanol–water partition coefficient (Wildman–Crippen LogP) is 6.95. The fraction of sp³-hybridized carbons (Fsp3) is 0.0370. The van der Waals surface area contributed by atoms with E-state index in [1.165, 1.54) is 20.2 Å². The molecule has 0 atom stereocenters. The Hall–Kier alpha value is -3.67. The standard InChI is InChI=1S/C27H18ClN3OS/c28-19-11-8-17(9-12-19)16-29-27(32)26-25(30-24-7-3-4-14-31(24)26)18-10-13-23-21(15-18)20-5-1-2-6-22(20)33-23/h1-15H,16H2,(H,29,32). The summed E-state index contributed by atoms with van der Waals surface area (Å²) in [6.07, 6.45) is 1.88. The van der Waals surface area contributed by atoms with Gasteiger partial charge >= 0.3 is 0 Å². The van der Waals surface area contributed by atoms with Gasteiger partial charge in [-0.25, -0.2) is 4.98 Å². The Morgan fingerprint density at radius 2 is 1.70 bits per heavy atom. The Balaban J connectivity index is 1.45. The normalized spacial score (nSPS) is 11.4. The number of rotatable bonds is 4. The molecule has 4 nitrogen and oxygen atoms in total. The minimum atomic E-state index is -0.172. The van der Waals surface area contributed by atoms with Crippen LogP contribution in [0.2, 0.25) is 5.02 Å². The molecule has 0 aliphatic carbocycles. The van der Waals surface area contributed by atoms with E-state index in [1.54, 1.807) is 11.3 Å². The van der Waals surface area contributed by atoms with E-state index >= 15 is 0 Å². The van der Waals surface area contributed by atoms with Crippen LogP contribution in [-0.2, 0) is 6.54 Å². The number of carbonyl (C=O) groups excluding carboxylic acids is 1. The quantitative estimate of drug-likeness (QED) is 0.305. The van der Waals surface area contributed by atoms with Gasteiger partial charge in [-0.05, 0) is 48.0 Å². The Labute approximate surface area is 199 Å². The number of nitrogens with one attached hydrogen (secondary N) is 1. The number of nitrogens with zero attached hydrogens (tertiary/aromatic N) is 2. The van der Waals surface area contributed by atoms with Crippen molar-refractivity contribution in [2.45, 2.75) is 6.54 Å². The minimum absolute atomic E-state index is 0.172. The Bertz CT molecular complexity index is 1650. The second kappa shape index (κ2) is 8.03. The third-order valence-corrected chi connectivity index (χ3v) is 7.17. The molecule has 0 saturated heterocycles. The van der Waals surface area contributed by atoms with E-state index in [0.717, 1.165) is 16.8 Å². The Morgan fingerprint density at radius 1 is 0.909 bits per heavy atom. The average Bonchev–Trinajstić information content (AvgIpc) is 3.42. The van der Waals surface area contributed by atoms with Crippen LogP contribution in [0.4, 0.5) is 0 Å². The number of hydrogen-bond acceptors (Lipinski definition) is 3. The van der Waals surface area contributed by atoms with Crippen molar-refractivity contribution in [1.29, 1.82) is 0 Å². The van der Waals surface area contributed by atoms with Crippen molar-refractivity contribution in [1.82, 2.24) is 14.7 Å². The lowest BCUT2D eigenvalue weighted by Gasteiger charge is -2.08. The third-order valence-electron chi connectivity index (χ3n) is 5.76. The number of pyridine rings is 1. The number of aromatic nitrogens is 2. The van der Waals surface area contributed by atoms with Crippen LogP contribution in [0, 0.1) is 0 Å². The van der Waals surface area contributed by atoms with E-state index < -0.39 is 0 Å². The molecule has 6 rings (SSSR count). The molecule has 0 aliphatic rings. The monoisotopic (exact) mass is 467 g/mol. The SMILES string of the molecule is O=C(NCc1ccc(Cl)cc1)c1c(-c2ccc3sc4ccccc4c3c2)nc2ccccn12. The van der Waals surface area contributed by atoms with Gasteiger partial charge < -0.3 is 5.32 Å². The predicted molar refractivity (Wildman–Crippen MR) is 136 cm³/mol. The number of benzene rings is 3. The lowest BCUT2D eigenvalue weighted by atomic mass is 10.1. The summed E-state index contributed by atoms with van der Waals surface area (Å²) in [5.41, 5.74) is 3.84. The van der Waals surface area contributed by atoms with E-state index in [1.807, 2.05) is 53.1 Å². The van der Waals surface area contributed by atoms with Gasteiger partial charge in [-0.15, -0.1) is 11.3 Å². The zero-order valence-corrected chi connectivity index (χ0v) is 19.0. The molecule has 3 aromatic heterocycles. The first-order chi connectivity index (χ1) is 16.2. The van der Waals surface area contributed by atoms with Gasteiger partial charge in [0.15, 0.2) is 0 Å². The molecule has 3 aromatic carbocycles. The number of hydrogen-bond donors (Lipinski definition) is 1. The second-order valence-electron chi connectivity index (χ2n) is 7.86. The number of amides is 1. The first kappa shape index (κ1) is 20.0. The fourth-order valence-corrected chi connectivity index (χ4v) is 5.37. The fourth-order valence-electron chi connectivity index (χ4n) is 4.16. The summed E-state index contributed by atoms with van der Waals surface area (Å²) >= 11 is 7.75. The molecule has 6 aromatic rings. The zero-order valence-electron chi connectivity index (χ0n) is 17.5. The van der Waals surface area contributed by atoms with E-state index in [2.05, 4.69) is 47.8 Å². The van der Waals surface area contributed by atoms with Crippen molar-refractivity contribution in [3.05, 3.63) is 107 Å². The van der Waals surface area contributed by atoms with Crippen molar-refractivity contribution in [2.24, 2.45) is 0 Å². The zero-order chi connectivity index (χ0) is 22.4. The highest BCUT2D eigenvalue weighted by Gasteiger charge is 2.21.